The van der Waals surface area contributed by atoms with E-state index in [2.05, 4.69) is 9.97 Å². The monoisotopic (exact) mass is 400 g/mol. The molecule has 0 radical (unpaired) electrons. The first kappa shape index (κ1) is 18.4. The van der Waals surface area contributed by atoms with Crippen molar-refractivity contribution in [3.05, 3.63) is 42.3 Å². The number of rotatable bonds is 2. The summed E-state index contributed by atoms with van der Waals surface area (Å²) in [4.78, 5) is 21.7. The molecule has 3 aromatic rings. The van der Waals surface area contributed by atoms with Crippen LogP contribution in [0.3, 0.4) is 0 Å². The molecule has 0 spiro atoms. The molecule has 0 bridgehead atoms. The third kappa shape index (κ3) is 3.20. The van der Waals surface area contributed by atoms with Crippen LogP contribution in [0.15, 0.2) is 35.5 Å². The predicted octanol–water partition coefficient (Wildman–Crippen LogP) is 3.88. The minimum absolute atomic E-state index is 0.0107. The summed E-state index contributed by atoms with van der Waals surface area (Å²) in [5, 5.41) is 0. The van der Waals surface area contributed by atoms with Crippen LogP contribution in [0.25, 0.3) is 17.0 Å². The Labute approximate surface area is 154 Å². The van der Waals surface area contributed by atoms with Gasteiger partial charge in [-0.15, -0.1) is 0 Å². The van der Waals surface area contributed by atoms with E-state index in [9.17, 15) is 26.7 Å². The number of piperidine rings is 1. The number of pyridine rings is 1. The summed E-state index contributed by atoms with van der Waals surface area (Å²) in [6.45, 7) is -0.375. The number of hydrogen-bond acceptors (Lipinski definition) is 4. The highest BCUT2D eigenvalue weighted by molar-refractivity contribution is 5.94. The van der Waals surface area contributed by atoms with Gasteiger partial charge in [-0.1, -0.05) is 0 Å². The van der Waals surface area contributed by atoms with E-state index < -0.39 is 36.4 Å². The number of imidazole rings is 1. The fraction of sp³-hybridized carbons (Fsp3) is 0.353. The Morgan fingerprint density at radius 3 is 2.50 bits per heavy atom. The zero-order valence-corrected chi connectivity index (χ0v) is 14.2. The molecule has 11 heteroatoms. The van der Waals surface area contributed by atoms with Crippen molar-refractivity contribution in [1.82, 2.24) is 19.3 Å². The average molecular weight is 400 g/mol. The van der Waals surface area contributed by atoms with Gasteiger partial charge in [-0.25, -0.2) is 18.7 Å². The van der Waals surface area contributed by atoms with Crippen molar-refractivity contribution in [2.75, 3.05) is 13.1 Å². The van der Waals surface area contributed by atoms with E-state index in [1.54, 1.807) is 0 Å². The van der Waals surface area contributed by atoms with E-state index in [-0.39, 0.29) is 35.8 Å². The molecule has 1 aliphatic rings. The van der Waals surface area contributed by atoms with E-state index in [1.807, 2.05) is 0 Å². The number of halogens is 5. The molecule has 1 saturated heterocycles. The molecule has 3 aromatic heterocycles. The van der Waals surface area contributed by atoms with Crippen LogP contribution in [0.1, 0.15) is 28.9 Å². The zero-order chi connectivity index (χ0) is 20.1. The van der Waals surface area contributed by atoms with Gasteiger partial charge >= 0.3 is 6.18 Å². The number of oxazole rings is 1. The Hall–Kier alpha value is -2.98. The zero-order valence-electron chi connectivity index (χ0n) is 14.2. The summed E-state index contributed by atoms with van der Waals surface area (Å²) in [5.74, 6) is -3.46. The summed E-state index contributed by atoms with van der Waals surface area (Å²) >= 11 is 0. The van der Waals surface area contributed by atoms with Crippen molar-refractivity contribution in [3.8, 4) is 11.3 Å². The Bertz CT molecular complexity index is 1020. The van der Waals surface area contributed by atoms with Crippen LogP contribution < -0.4 is 0 Å². The summed E-state index contributed by atoms with van der Waals surface area (Å²) < 4.78 is 72.8. The first-order valence-corrected chi connectivity index (χ1v) is 8.30. The second-order valence-electron chi connectivity index (χ2n) is 6.49. The molecule has 4 rings (SSSR count). The summed E-state index contributed by atoms with van der Waals surface area (Å²) in [5.41, 5.74) is -1.08. The number of nitrogens with zero attached hydrogens (tertiary/aromatic N) is 4. The van der Waals surface area contributed by atoms with Crippen LogP contribution in [-0.4, -0.2) is 44.2 Å². The number of alkyl halides is 5. The minimum atomic E-state index is -4.68. The van der Waals surface area contributed by atoms with Gasteiger partial charge in [0.05, 0.1) is 23.5 Å². The van der Waals surface area contributed by atoms with E-state index >= 15 is 0 Å². The molecule has 0 atom stereocenters. The molecule has 6 nitrogen and oxygen atoms in total. The number of carbonyl (C=O) groups is 1. The van der Waals surface area contributed by atoms with Crippen LogP contribution in [0.5, 0.6) is 0 Å². The fourth-order valence-corrected chi connectivity index (χ4v) is 3.13. The van der Waals surface area contributed by atoms with Gasteiger partial charge in [-0.2, -0.15) is 13.2 Å². The Morgan fingerprint density at radius 2 is 1.89 bits per heavy atom. The maximum atomic E-state index is 13.4. The SMILES string of the molecule is O=C(c1cnc2c(-c3cnco3)cc(C(F)(F)F)cn12)N1CCC(F)(F)CC1. The van der Waals surface area contributed by atoms with Gasteiger partial charge in [0, 0.05) is 32.1 Å². The highest BCUT2D eigenvalue weighted by Gasteiger charge is 2.37. The second kappa shape index (κ2) is 6.28. The Morgan fingerprint density at radius 1 is 1.18 bits per heavy atom. The van der Waals surface area contributed by atoms with Crippen LogP contribution in [0.2, 0.25) is 0 Å². The molecule has 148 valence electrons. The van der Waals surface area contributed by atoms with Gasteiger partial charge < -0.3 is 9.32 Å². The number of carbonyl (C=O) groups excluding carboxylic acids is 1. The molecule has 4 heterocycles. The van der Waals surface area contributed by atoms with Crippen molar-refractivity contribution in [2.24, 2.45) is 0 Å². The lowest BCUT2D eigenvalue weighted by molar-refractivity contribution is -0.137. The highest BCUT2D eigenvalue weighted by atomic mass is 19.4. The van der Waals surface area contributed by atoms with Crippen molar-refractivity contribution in [1.29, 1.82) is 0 Å². The van der Waals surface area contributed by atoms with E-state index in [4.69, 9.17) is 4.42 Å². The third-order valence-electron chi connectivity index (χ3n) is 4.63. The smallest absolute Gasteiger partial charge is 0.417 e. The van der Waals surface area contributed by atoms with Crippen LogP contribution in [0, 0.1) is 0 Å². The molecule has 1 fully saturated rings. The lowest BCUT2D eigenvalue weighted by Gasteiger charge is -2.31. The maximum Gasteiger partial charge on any atom is 0.417 e. The van der Waals surface area contributed by atoms with Gasteiger partial charge in [0.25, 0.3) is 11.8 Å². The van der Waals surface area contributed by atoms with Gasteiger partial charge in [0.2, 0.25) is 0 Å². The largest absolute Gasteiger partial charge is 0.443 e. The number of hydrogen-bond donors (Lipinski definition) is 0. The number of aromatic nitrogens is 3. The van der Waals surface area contributed by atoms with E-state index in [1.165, 1.54) is 11.1 Å². The van der Waals surface area contributed by atoms with Crippen molar-refractivity contribution in [3.63, 3.8) is 0 Å². The lowest BCUT2D eigenvalue weighted by atomic mass is 10.1. The molecular formula is C17H13F5N4O2. The molecule has 1 amide bonds. The quantitative estimate of drug-likeness (QED) is 0.613. The average Bonchev–Trinajstić information content (AvgIpc) is 3.29. The summed E-state index contributed by atoms with van der Waals surface area (Å²) in [6, 6.07) is 0.860. The maximum absolute atomic E-state index is 13.4. The molecule has 28 heavy (non-hydrogen) atoms. The topological polar surface area (TPSA) is 63.6 Å². The second-order valence-corrected chi connectivity index (χ2v) is 6.49. The molecule has 0 N–H and O–H groups in total. The first-order valence-electron chi connectivity index (χ1n) is 8.30. The predicted molar refractivity (Wildman–Crippen MR) is 85.8 cm³/mol. The summed E-state index contributed by atoms with van der Waals surface area (Å²) in [7, 11) is 0. The van der Waals surface area contributed by atoms with E-state index in [0.717, 1.165) is 29.3 Å². The lowest BCUT2D eigenvalue weighted by Crippen LogP contribution is -2.43. The van der Waals surface area contributed by atoms with Crippen LogP contribution >= 0.6 is 0 Å². The van der Waals surface area contributed by atoms with Gasteiger partial charge in [0.1, 0.15) is 11.3 Å². The van der Waals surface area contributed by atoms with Crippen LogP contribution in [0.4, 0.5) is 22.0 Å². The molecular weight excluding hydrogens is 387 g/mol. The molecule has 0 unspecified atom stereocenters. The first-order chi connectivity index (χ1) is 13.2. The normalized spacial score (nSPS) is 17.2. The molecule has 0 aliphatic carbocycles. The van der Waals surface area contributed by atoms with E-state index in [0.29, 0.717) is 0 Å². The summed E-state index contributed by atoms with van der Waals surface area (Å²) in [6.07, 6.45) is -1.48. The van der Waals surface area contributed by atoms with Gasteiger partial charge in [0.15, 0.2) is 12.2 Å². The number of likely N-dealkylation sites (tertiary alicyclic amines) is 1. The standard InChI is InChI=1S/C17H13F5N4O2/c18-16(19)1-3-25(4-2-16)15(27)12-6-24-14-11(13-7-23-9-28-13)5-10(8-26(12)14)17(20,21)22/h5-9H,1-4H2. The Balaban J connectivity index is 1.80. The third-order valence-corrected chi connectivity index (χ3v) is 4.63. The van der Waals surface area contributed by atoms with Crippen molar-refractivity contribution in [2.45, 2.75) is 24.9 Å². The van der Waals surface area contributed by atoms with Crippen LogP contribution in [-0.2, 0) is 6.18 Å². The van der Waals surface area contributed by atoms with Gasteiger partial charge in [-0.3, -0.25) is 9.20 Å². The number of amides is 1. The van der Waals surface area contributed by atoms with Crippen molar-refractivity contribution >= 4 is 11.6 Å². The molecule has 1 aliphatic heterocycles. The molecule has 0 aromatic carbocycles. The fourth-order valence-electron chi connectivity index (χ4n) is 3.13. The Kier molecular flexibility index (Phi) is 4.12. The minimum Gasteiger partial charge on any atom is -0.443 e. The highest BCUT2D eigenvalue weighted by Crippen LogP contribution is 2.35. The molecule has 0 saturated carbocycles. The van der Waals surface area contributed by atoms with Gasteiger partial charge in [-0.05, 0) is 6.07 Å². The number of fused-ring (bicyclic) bond motifs is 1. The van der Waals surface area contributed by atoms with Crippen molar-refractivity contribution < 1.29 is 31.2 Å².